The van der Waals surface area contributed by atoms with Crippen molar-refractivity contribution in [1.82, 2.24) is 9.97 Å². The highest BCUT2D eigenvalue weighted by Crippen LogP contribution is 2.13. The van der Waals surface area contributed by atoms with Crippen LogP contribution in [-0.2, 0) is 16.1 Å². The van der Waals surface area contributed by atoms with Crippen molar-refractivity contribution in [3.05, 3.63) is 54.0 Å². The third kappa shape index (κ3) is 4.87. The highest BCUT2D eigenvalue weighted by atomic mass is 16.5. The molecule has 0 saturated heterocycles. The molecule has 1 aromatic heterocycles. The molecule has 5 heteroatoms. The number of hydrogen-bond donors (Lipinski definition) is 1. The van der Waals surface area contributed by atoms with Crippen molar-refractivity contribution in [3.63, 3.8) is 0 Å². The van der Waals surface area contributed by atoms with Crippen LogP contribution in [0.1, 0.15) is 31.0 Å². The lowest BCUT2D eigenvalue weighted by Gasteiger charge is -2.09. The molecule has 0 aliphatic rings. The fourth-order valence-corrected chi connectivity index (χ4v) is 1.74. The Bertz CT molecular complexity index is 585. The largest absolute Gasteiger partial charge is 0.460 e. The van der Waals surface area contributed by atoms with Crippen LogP contribution in [0, 0.1) is 0 Å². The van der Waals surface area contributed by atoms with Crippen molar-refractivity contribution < 1.29 is 9.53 Å². The van der Waals surface area contributed by atoms with Gasteiger partial charge in [-0.15, -0.1) is 0 Å². The van der Waals surface area contributed by atoms with Gasteiger partial charge in [-0.3, -0.25) is 4.79 Å². The molecule has 0 amide bonds. The smallest absolute Gasteiger partial charge is 0.325 e. The van der Waals surface area contributed by atoms with Crippen LogP contribution >= 0.6 is 0 Å². The van der Waals surface area contributed by atoms with E-state index in [1.54, 1.807) is 0 Å². The minimum Gasteiger partial charge on any atom is -0.460 e. The molecule has 2 rings (SSSR count). The van der Waals surface area contributed by atoms with Gasteiger partial charge in [0.1, 0.15) is 25.3 Å². The van der Waals surface area contributed by atoms with Crippen LogP contribution in [0.3, 0.4) is 0 Å². The highest BCUT2D eigenvalue weighted by molar-refractivity contribution is 5.74. The van der Waals surface area contributed by atoms with Crippen molar-refractivity contribution in [3.8, 4) is 0 Å². The van der Waals surface area contributed by atoms with Gasteiger partial charge in [0.25, 0.3) is 0 Å². The van der Waals surface area contributed by atoms with Gasteiger partial charge in [-0.25, -0.2) is 9.97 Å². The number of ether oxygens (including phenoxy) is 1. The first-order valence-corrected chi connectivity index (χ1v) is 6.90. The lowest BCUT2D eigenvalue weighted by atomic mass is 10.1. The summed E-state index contributed by atoms with van der Waals surface area (Å²) in [6.45, 7) is 4.48. The minimum atomic E-state index is -0.316. The molecule has 2 aromatic rings. The zero-order valence-corrected chi connectivity index (χ0v) is 12.2. The van der Waals surface area contributed by atoms with Gasteiger partial charge in [0.2, 0.25) is 0 Å². The monoisotopic (exact) mass is 285 g/mol. The summed E-state index contributed by atoms with van der Waals surface area (Å²) in [7, 11) is 0. The topological polar surface area (TPSA) is 64.1 Å². The van der Waals surface area contributed by atoms with E-state index in [4.69, 9.17) is 4.74 Å². The Morgan fingerprint density at radius 3 is 2.71 bits per heavy atom. The molecule has 0 aliphatic heterocycles. The molecule has 0 aliphatic carbocycles. The average molecular weight is 285 g/mol. The second-order valence-electron chi connectivity index (χ2n) is 4.98. The predicted molar refractivity (Wildman–Crippen MR) is 80.8 cm³/mol. The molecule has 1 aromatic carbocycles. The van der Waals surface area contributed by atoms with E-state index in [2.05, 4.69) is 29.1 Å². The molecule has 0 spiro atoms. The second-order valence-corrected chi connectivity index (χ2v) is 4.98. The quantitative estimate of drug-likeness (QED) is 0.827. The zero-order valence-electron chi connectivity index (χ0n) is 12.2. The Labute approximate surface area is 124 Å². The van der Waals surface area contributed by atoms with Gasteiger partial charge in [-0.05, 0) is 11.5 Å². The summed E-state index contributed by atoms with van der Waals surface area (Å²) >= 11 is 0. The number of esters is 1. The predicted octanol–water partition coefficient (Wildman–Crippen LogP) is 2.76. The first-order chi connectivity index (χ1) is 10.1. The molecular weight excluding hydrogens is 266 g/mol. The summed E-state index contributed by atoms with van der Waals surface area (Å²) in [6.07, 6.45) is 1.49. The standard InChI is InChI=1S/C16H19N3O2/c1-12(2)14-8-15(19-11-18-14)17-9-16(20)21-10-13-6-4-3-5-7-13/h3-8,11-12H,9-10H2,1-2H3,(H,17,18,19). The first kappa shape index (κ1) is 15.0. The summed E-state index contributed by atoms with van der Waals surface area (Å²) in [4.78, 5) is 19.9. The number of benzene rings is 1. The minimum absolute atomic E-state index is 0.0847. The SMILES string of the molecule is CC(C)c1cc(NCC(=O)OCc2ccccc2)ncn1. The molecule has 0 unspecified atom stereocenters. The number of nitrogens with one attached hydrogen (secondary N) is 1. The van der Waals surface area contributed by atoms with E-state index in [9.17, 15) is 4.79 Å². The van der Waals surface area contributed by atoms with Crippen LogP contribution in [-0.4, -0.2) is 22.5 Å². The van der Waals surface area contributed by atoms with E-state index >= 15 is 0 Å². The molecule has 0 bridgehead atoms. The Balaban J connectivity index is 1.80. The number of aromatic nitrogens is 2. The van der Waals surface area contributed by atoms with E-state index in [0.717, 1.165) is 11.3 Å². The molecule has 0 radical (unpaired) electrons. The third-order valence-corrected chi connectivity index (χ3v) is 2.94. The lowest BCUT2D eigenvalue weighted by Crippen LogP contribution is -2.17. The number of rotatable bonds is 6. The van der Waals surface area contributed by atoms with Crippen LogP contribution in [0.4, 0.5) is 5.82 Å². The van der Waals surface area contributed by atoms with E-state index in [1.165, 1.54) is 6.33 Å². The van der Waals surface area contributed by atoms with Gasteiger partial charge < -0.3 is 10.1 Å². The van der Waals surface area contributed by atoms with Crippen molar-refractivity contribution in [2.45, 2.75) is 26.4 Å². The summed E-state index contributed by atoms with van der Waals surface area (Å²) in [6, 6.07) is 11.4. The molecule has 21 heavy (non-hydrogen) atoms. The van der Waals surface area contributed by atoms with Gasteiger partial charge >= 0.3 is 5.97 Å². The fourth-order valence-electron chi connectivity index (χ4n) is 1.74. The fraction of sp³-hybridized carbons (Fsp3) is 0.312. The van der Waals surface area contributed by atoms with Crippen LogP contribution in [0.5, 0.6) is 0 Å². The Morgan fingerprint density at radius 2 is 2.00 bits per heavy atom. The van der Waals surface area contributed by atoms with E-state index in [1.807, 2.05) is 36.4 Å². The Hall–Kier alpha value is -2.43. The van der Waals surface area contributed by atoms with Crippen LogP contribution < -0.4 is 5.32 Å². The van der Waals surface area contributed by atoms with Crippen LogP contribution in [0.25, 0.3) is 0 Å². The number of carbonyl (C=O) groups is 1. The molecule has 0 fully saturated rings. The lowest BCUT2D eigenvalue weighted by molar-refractivity contribution is -0.142. The number of nitrogens with zero attached hydrogens (tertiary/aromatic N) is 2. The molecule has 110 valence electrons. The van der Waals surface area contributed by atoms with Crippen LogP contribution in [0.2, 0.25) is 0 Å². The number of anilines is 1. The molecule has 1 heterocycles. The third-order valence-electron chi connectivity index (χ3n) is 2.94. The number of hydrogen-bond acceptors (Lipinski definition) is 5. The summed E-state index contributed by atoms with van der Waals surface area (Å²) in [5, 5.41) is 2.95. The van der Waals surface area contributed by atoms with Crippen molar-refractivity contribution in [2.75, 3.05) is 11.9 Å². The molecule has 5 nitrogen and oxygen atoms in total. The maximum absolute atomic E-state index is 11.7. The Kier molecular flexibility index (Phi) is 5.26. The molecular formula is C16H19N3O2. The van der Waals surface area contributed by atoms with E-state index < -0.39 is 0 Å². The summed E-state index contributed by atoms with van der Waals surface area (Å²) in [5.41, 5.74) is 1.90. The van der Waals surface area contributed by atoms with Crippen molar-refractivity contribution in [2.24, 2.45) is 0 Å². The van der Waals surface area contributed by atoms with Gasteiger partial charge in [0.05, 0.1) is 0 Å². The maximum Gasteiger partial charge on any atom is 0.325 e. The van der Waals surface area contributed by atoms with Gasteiger partial charge in [0, 0.05) is 11.8 Å². The highest BCUT2D eigenvalue weighted by Gasteiger charge is 2.06. The molecule has 0 saturated carbocycles. The zero-order chi connectivity index (χ0) is 15.1. The maximum atomic E-state index is 11.7. The molecule has 0 atom stereocenters. The number of carbonyl (C=O) groups excluding carboxylic acids is 1. The van der Waals surface area contributed by atoms with Gasteiger partial charge in [-0.1, -0.05) is 44.2 Å². The first-order valence-electron chi connectivity index (χ1n) is 6.90. The van der Waals surface area contributed by atoms with Crippen molar-refractivity contribution in [1.29, 1.82) is 0 Å². The second kappa shape index (κ2) is 7.38. The summed E-state index contributed by atoms with van der Waals surface area (Å²) in [5.74, 6) is 0.632. The van der Waals surface area contributed by atoms with E-state index in [0.29, 0.717) is 11.7 Å². The van der Waals surface area contributed by atoms with Gasteiger partial charge in [-0.2, -0.15) is 0 Å². The summed E-state index contributed by atoms with van der Waals surface area (Å²) < 4.78 is 5.18. The van der Waals surface area contributed by atoms with Crippen molar-refractivity contribution >= 4 is 11.8 Å². The average Bonchev–Trinajstić information content (AvgIpc) is 2.52. The molecule has 1 N–H and O–H groups in total. The van der Waals surface area contributed by atoms with E-state index in [-0.39, 0.29) is 19.1 Å². The normalized spacial score (nSPS) is 10.4. The Morgan fingerprint density at radius 1 is 1.24 bits per heavy atom. The van der Waals surface area contributed by atoms with Crippen LogP contribution in [0.15, 0.2) is 42.7 Å². The van der Waals surface area contributed by atoms with Gasteiger partial charge in [0.15, 0.2) is 0 Å².